The third-order valence-corrected chi connectivity index (χ3v) is 3.18. The summed E-state index contributed by atoms with van der Waals surface area (Å²) in [6.07, 6.45) is 3.14. The molecule has 0 amide bonds. The van der Waals surface area contributed by atoms with E-state index in [9.17, 15) is 10.1 Å². The van der Waals surface area contributed by atoms with E-state index in [1.54, 1.807) is 0 Å². The Hall–Kier alpha value is -2.50. The summed E-state index contributed by atoms with van der Waals surface area (Å²) < 4.78 is 0. The summed E-state index contributed by atoms with van der Waals surface area (Å²) in [7, 11) is 0. The zero-order valence-electron chi connectivity index (χ0n) is 12.2. The molecule has 2 rings (SSSR count). The Balaban J connectivity index is 2.48. The Labute approximate surface area is 123 Å². The molecule has 0 saturated heterocycles. The predicted octanol–water partition coefficient (Wildman–Crippen LogP) is 3.44. The molecule has 0 spiro atoms. The molecule has 110 valence electrons. The maximum Gasteiger partial charge on any atom is 0.337 e. The van der Waals surface area contributed by atoms with Crippen molar-refractivity contribution in [3.05, 3.63) is 46.3 Å². The number of nitrogens with one attached hydrogen (secondary N) is 1. The molecule has 1 N–H and O–H groups in total. The molecule has 1 aromatic heterocycles. The molecule has 0 unspecified atom stereocenters. The minimum Gasteiger partial charge on any atom is -0.364 e. The molecule has 0 fully saturated rings. The van der Waals surface area contributed by atoms with Crippen molar-refractivity contribution in [1.82, 2.24) is 9.97 Å². The molecular formula is C15H18N4O2. The van der Waals surface area contributed by atoms with Crippen LogP contribution in [0.25, 0.3) is 11.3 Å². The molecule has 2 aromatic rings. The smallest absolute Gasteiger partial charge is 0.337 e. The van der Waals surface area contributed by atoms with Crippen molar-refractivity contribution in [1.29, 1.82) is 0 Å². The number of nitro groups is 1. The van der Waals surface area contributed by atoms with Crippen LogP contribution in [0.5, 0.6) is 0 Å². The largest absolute Gasteiger partial charge is 0.364 e. The standard InChI is InChI=1S/C15H18N4O2/c1-3-9-16-15-14(19(20)21)13(17-10-18-15)12-7-5-11(4-2)6-8-12/h5-8,10H,3-4,9H2,1-2H3,(H,16,17,18). The van der Waals surface area contributed by atoms with Crippen LogP contribution < -0.4 is 5.32 Å². The van der Waals surface area contributed by atoms with E-state index in [0.29, 0.717) is 12.2 Å². The maximum absolute atomic E-state index is 11.4. The van der Waals surface area contributed by atoms with Gasteiger partial charge in [-0.3, -0.25) is 10.1 Å². The summed E-state index contributed by atoms with van der Waals surface area (Å²) in [6.45, 7) is 4.69. The first-order valence-electron chi connectivity index (χ1n) is 7.00. The number of hydrogen-bond donors (Lipinski definition) is 1. The molecule has 0 aliphatic carbocycles. The fourth-order valence-corrected chi connectivity index (χ4v) is 2.03. The van der Waals surface area contributed by atoms with E-state index in [-0.39, 0.29) is 11.5 Å². The first-order valence-corrected chi connectivity index (χ1v) is 7.00. The van der Waals surface area contributed by atoms with Crippen LogP contribution in [0.4, 0.5) is 11.5 Å². The number of nitrogens with zero attached hydrogens (tertiary/aromatic N) is 3. The third-order valence-electron chi connectivity index (χ3n) is 3.18. The lowest BCUT2D eigenvalue weighted by molar-refractivity contribution is -0.383. The second-order valence-electron chi connectivity index (χ2n) is 4.65. The molecule has 0 radical (unpaired) electrons. The molecule has 1 aromatic carbocycles. The summed E-state index contributed by atoms with van der Waals surface area (Å²) in [5.41, 5.74) is 2.17. The quantitative estimate of drug-likeness (QED) is 0.650. The SMILES string of the molecule is CCCNc1ncnc(-c2ccc(CC)cc2)c1[N+](=O)[O-]. The van der Waals surface area contributed by atoms with Gasteiger partial charge in [0.15, 0.2) is 5.69 Å². The van der Waals surface area contributed by atoms with Crippen molar-refractivity contribution in [2.45, 2.75) is 26.7 Å². The highest BCUT2D eigenvalue weighted by Crippen LogP contribution is 2.32. The summed E-state index contributed by atoms with van der Waals surface area (Å²) in [5, 5.41) is 14.4. The van der Waals surface area contributed by atoms with Crippen LogP contribution in [0.1, 0.15) is 25.8 Å². The van der Waals surface area contributed by atoms with E-state index < -0.39 is 4.92 Å². The number of hydrogen-bond acceptors (Lipinski definition) is 5. The van der Waals surface area contributed by atoms with Gasteiger partial charge in [-0.15, -0.1) is 0 Å². The van der Waals surface area contributed by atoms with E-state index in [2.05, 4.69) is 22.2 Å². The van der Waals surface area contributed by atoms with Crippen LogP contribution in [0, 0.1) is 10.1 Å². The Morgan fingerprint density at radius 1 is 1.19 bits per heavy atom. The summed E-state index contributed by atoms with van der Waals surface area (Å²) in [6, 6.07) is 7.64. The number of aromatic nitrogens is 2. The topological polar surface area (TPSA) is 81.0 Å². The van der Waals surface area contributed by atoms with Gasteiger partial charge in [-0.25, -0.2) is 9.97 Å². The molecular weight excluding hydrogens is 268 g/mol. The van der Waals surface area contributed by atoms with Crippen molar-refractivity contribution in [3.8, 4) is 11.3 Å². The second kappa shape index (κ2) is 6.78. The molecule has 0 aliphatic rings. The first kappa shape index (κ1) is 14.9. The highest BCUT2D eigenvalue weighted by Gasteiger charge is 2.23. The van der Waals surface area contributed by atoms with Gasteiger partial charge in [-0.2, -0.15) is 0 Å². The lowest BCUT2D eigenvalue weighted by Crippen LogP contribution is -2.07. The maximum atomic E-state index is 11.4. The van der Waals surface area contributed by atoms with Crippen LogP contribution in [0.3, 0.4) is 0 Å². The fourth-order valence-electron chi connectivity index (χ4n) is 2.03. The number of aryl methyl sites for hydroxylation is 1. The number of rotatable bonds is 6. The van der Waals surface area contributed by atoms with E-state index in [4.69, 9.17) is 0 Å². The van der Waals surface area contributed by atoms with Crippen molar-refractivity contribution >= 4 is 11.5 Å². The Kier molecular flexibility index (Phi) is 4.81. The third kappa shape index (κ3) is 3.34. The molecule has 0 aliphatic heterocycles. The van der Waals surface area contributed by atoms with Crippen LogP contribution in [0.2, 0.25) is 0 Å². The van der Waals surface area contributed by atoms with Crippen LogP contribution in [-0.2, 0) is 6.42 Å². The summed E-state index contributed by atoms with van der Waals surface area (Å²) in [5.74, 6) is 0.270. The number of benzene rings is 1. The second-order valence-corrected chi connectivity index (χ2v) is 4.65. The van der Waals surface area contributed by atoms with Gasteiger partial charge in [0.2, 0.25) is 5.82 Å². The zero-order chi connectivity index (χ0) is 15.2. The van der Waals surface area contributed by atoms with Crippen LogP contribution in [0.15, 0.2) is 30.6 Å². The van der Waals surface area contributed by atoms with Gasteiger partial charge in [0.1, 0.15) is 6.33 Å². The van der Waals surface area contributed by atoms with Crippen LogP contribution in [-0.4, -0.2) is 21.4 Å². The van der Waals surface area contributed by atoms with Crippen LogP contribution >= 0.6 is 0 Å². The van der Waals surface area contributed by atoms with Gasteiger partial charge in [-0.1, -0.05) is 38.1 Å². The molecule has 6 heteroatoms. The van der Waals surface area contributed by atoms with Gasteiger partial charge in [0.25, 0.3) is 0 Å². The first-order chi connectivity index (χ1) is 10.2. The van der Waals surface area contributed by atoms with E-state index >= 15 is 0 Å². The van der Waals surface area contributed by atoms with Crippen molar-refractivity contribution in [2.75, 3.05) is 11.9 Å². The zero-order valence-corrected chi connectivity index (χ0v) is 12.2. The fraction of sp³-hybridized carbons (Fsp3) is 0.333. The molecule has 0 saturated carbocycles. The predicted molar refractivity (Wildman–Crippen MR) is 82.3 cm³/mol. The number of anilines is 1. The summed E-state index contributed by atoms with van der Waals surface area (Å²) >= 11 is 0. The molecule has 21 heavy (non-hydrogen) atoms. The average Bonchev–Trinajstić information content (AvgIpc) is 2.52. The van der Waals surface area contributed by atoms with E-state index in [1.807, 2.05) is 31.2 Å². The molecule has 1 heterocycles. The molecule has 0 atom stereocenters. The highest BCUT2D eigenvalue weighted by molar-refractivity contribution is 5.76. The van der Waals surface area contributed by atoms with Gasteiger partial charge < -0.3 is 5.32 Å². The van der Waals surface area contributed by atoms with Gasteiger partial charge in [0.05, 0.1) is 4.92 Å². The minimum atomic E-state index is -0.430. The molecule has 6 nitrogen and oxygen atoms in total. The van der Waals surface area contributed by atoms with Gasteiger partial charge in [0, 0.05) is 12.1 Å². The lowest BCUT2D eigenvalue weighted by Gasteiger charge is -2.08. The monoisotopic (exact) mass is 286 g/mol. The average molecular weight is 286 g/mol. The van der Waals surface area contributed by atoms with Crippen molar-refractivity contribution in [2.24, 2.45) is 0 Å². The lowest BCUT2D eigenvalue weighted by atomic mass is 10.1. The Morgan fingerprint density at radius 2 is 1.90 bits per heavy atom. The Morgan fingerprint density at radius 3 is 2.48 bits per heavy atom. The van der Waals surface area contributed by atoms with Gasteiger partial charge in [-0.05, 0) is 18.4 Å². The van der Waals surface area contributed by atoms with Gasteiger partial charge >= 0.3 is 5.69 Å². The van der Waals surface area contributed by atoms with Crippen molar-refractivity contribution in [3.63, 3.8) is 0 Å². The van der Waals surface area contributed by atoms with Crippen molar-refractivity contribution < 1.29 is 4.92 Å². The van der Waals surface area contributed by atoms with E-state index in [0.717, 1.165) is 18.4 Å². The Bertz CT molecular complexity index is 626. The highest BCUT2D eigenvalue weighted by atomic mass is 16.6. The summed E-state index contributed by atoms with van der Waals surface area (Å²) in [4.78, 5) is 19.1. The minimum absolute atomic E-state index is 0.0739. The molecule has 0 bridgehead atoms. The normalized spacial score (nSPS) is 10.4. The van der Waals surface area contributed by atoms with E-state index in [1.165, 1.54) is 11.9 Å².